The molecule has 238 valence electrons. The van der Waals surface area contributed by atoms with Gasteiger partial charge in [-0.25, -0.2) is 15.0 Å². The van der Waals surface area contributed by atoms with Crippen LogP contribution in [-0.4, -0.2) is 15.0 Å². The van der Waals surface area contributed by atoms with Crippen LogP contribution < -0.4 is 0 Å². The fourth-order valence-corrected chi connectivity index (χ4v) is 7.17. The minimum Gasteiger partial charge on any atom is -0.456 e. The van der Waals surface area contributed by atoms with Crippen molar-refractivity contribution in [3.05, 3.63) is 176 Å². The highest BCUT2D eigenvalue weighted by Crippen LogP contribution is 2.39. The molecule has 0 unspecified atom stereocenters. The number of benzene rings is 8. The molecule has 0 fully saturated rings. The van der Waals surface area contributed by atoms with Gasteiger partial charge in [-0.1, -0.05) is 152 Å². The Balaban J connectivity index is 1.13. The fourth-order valence-electron chi connectivity index (χ4n) is 7.17. The Kier molecular flexibility index (Phi) is 6.78. The van der Waals surface area contributed by atoms with Gasteiger partial charge in [0.2, 0.25) is 0 Å². The molecule has 2 aromatic heterocycles. The van der Waals surface area contributed by atoms with Crippen LogP contribution >= 0.6 is 0 Å². The van der Waals surface area contributed by atoms with Crippen molar-refractivity contribution in [2.45, 2.75) is 0 Å². The molecule has 0 aliphatic carbocycles. The Hall–Kier alpha value is -6.91. The van der Waals surface area contributed by atoms with Gasteiger partial charge >= 0.3 is 0 Å². The van der Waals surface area contributed by atoms with Gasteiger partial charge in [0, 0.05) is 27.5 Å². The molecule has 4 nitrogen and oxygen atoms in total. The van der Waals surface area contributed by atoms with Crippen molar-refractivity contribution in [3.8, 4) is 56.4 Å². The number of fused-ring (bicyclic) bond motifs is 6. The third-order valence-electron chi connectivity index (χ3n) is 9.73. The standard InChI is InChI=1S/C47H29N3O/c1-3-10-30(11-4-1)31-18-21-34(22-19-31)46-48-45(33-13-5-2-6-14-33)49-47(50-46)40-16-9-17-43-44(40)41-29-36(25-27-42(41)51-43)35-24-26-39-37(28-35)23-20-32-12-7-8-15-38(32)39/h1-29H. The molecule has 0 spiro atoms. The molecule has 0 atom stereocenters. The molecule has 0 aliphatic heterocycles. The third-order valence-corrected chi connectivity index (χ3v) is 9.73. The summed E-state index contributed by atoms with van der Waals surface area (Å²) < 4.78 is 6.44. The molecule has 51 heavy (non-hydrogen) atoms. The first kappa shape index (κ1) is 29.0. The Morgan fingerprint density at radius 2 is 0.882 bits per heavy atom. The fraction of sp³-hybridized carbons (Fsp3) is 0. The minimum atomic E-state index is 0.599. The van der Waals surface area contributed by atoms with Crippen LogP contribution in [0, 0.1) is 0 Å². The van der Waals surface area contributed by atoms with Crippen LogP contribution in [0.5, 0.6) is 0 Å². The molecule has 0 saturated carbocycles. The molecule has 0 bridgehead atoms. The van der Waals surface area contributed by atoms with Gasteiger partial charge in [-0.3, -0.25) is 0 Å². The third kappa shape index (κ3) is 5.13. The van der Waals surface area contributed by atoms with Gasteiger partial charge in [0.05, 0.1) is 0 Å². The maximum Gasteiger partial charge on any atom is 0.164 e. The summed E-state index contributed by atoms with van der Waals surface area (Å²) in [5.74, 6) is 1.84. The molecule has 0 radical (unpaired) electrons. The topological polar surface area (TPSA) is 51.8 Å². The van der Waals surface area contributed by atoms with Crippen molar-refractivity contribution in [2.75, 3.05) is 0 Å². The molecule has 8 aromatic carbocycles. The largest absolute Gasteiger partial charge is 0.456 e. The number of hydrogen-bond acceptors (Lipinski definition) is 4. The average molecular weight is 652 g/mol. The monoisotopic (exact) mass is 651 g/mol. The lowest BCUT2D eigenvalue weighted by Gasteiger charge is -2.10. The van der Waals surface area contributed by atoms with Crippen molar-refractivity contribution >= 4 is 43.5 Å². The van der Waals surface area contributed by atoms with Crippen LogP contribution in [0.2, 0.25) is 0 Å². The molecule has 0 amide bonds. The molecule has 10 rings (SSSR count). The zero-order valence-electron chi connectivity index (χ0n) is 27.5. The highest BCUT2D eigenvalue weighted by Gasteiger charge is 2.18. The Labute approximate surface area is 294 Å². The van der Waals surface area contributed by atoms with Gasteiger partial charge in [-0.05, 0) is 68.1 Å². The number of rotatable bonds is 5. The normalized spacial score (nSPS) is 11.5. The van der Waals surface area contributed by atoms with Crippen LogP contribution in [0.3, 0.4) is 0 Å². The highest BCUT2D eigenvalue weighted by atomic mass is 16.3. The second kappa shape index (κ2) is 11.9. The van der Waals surface area contributed by atoms with E-state index in [1.165, 1.54) is 27.1 Å². The van der Waals surface area contributed by atoms with Crippen LogP contribution in [0.15, 0.2) is 180 Å². The SMILES string of the molecule is c1ccc(-c2ccc(-c3nc(-c4ccccc4)nc(-c4cccc5oc6ccc(-c7ccc8c(ccc9ccccc98)c7)cc6c45)n3)cc2)cc1. The molecule has 0 aliphatic rings. The summed E-state index contributed by atoms with van der Waals surface area (Å²) in [6.07, 6.45) is 0. The van der Waals surface area contributed by atoms with Crippen molar-refractivity contribution < 1.29 is 4.42 Å². The van der Waals surface area contributed by atoms with Crippen molar-refractivity contribution in [1.82, 2.24) is 15.0 Å². The zero-order chi connectivity index (χ0) is 33.7. The second-order valence-electron chi connectivity index (χ2n) is 12.8. The summed E-state index contributed by atoms with van der Waals surface area (Å²) in [6, 6.07) is 61.1. The first-order chi connectivity index (χ1) is 25.2. The van der Waals surface area contributed by atoms with Crippen LogP contribution in [0.1, 0.15) is 0 Å². The van der Waals surface area contributed by atoms with E-state index in [0.29, 0.717) is 17.5 Å². The first-order valence-corrected chi connectivity index (χ1v) is 17.1. The molecular formula is C47H29N3O. The maximum atomic E-state index is 6.44. The zero-order valence-corrected chi connectivity index (χ0v) is 27.5. The van der Waals surface area contributed by atoms with Crippen molar-refractivity contribution in [3.63, 3.8) is 0 Å². The lowest BCUT2D eigenvalue weighted by molar-refractivity contribution is 0.669. The van der Waals surface area contributed by atoms with E-state index in [0.717, 1.165) is 55.3 Å². The van der Waals surface area contributed by atoms with Crippen LogP contribution in [-0.2, 0) is 0 Å². The summed E-state index contributed by atoms with van der Waals surface area (Å²) in [4.78, 5) is 15.2. The number of hydrogen-bond donors (Lipinski definition) is 0. The van der Waals surface area contributed by atoms with Crippen LogP contribution in [0.25, 0.3) is 99.9 Å². The quantitative estimate of drug-likeness (QED) is 0.174. The van der Waals surface area contributed by atoms with Gasteiger partial charge in [0.25, 0.3) is 0 Å². The van der Waals surface area contributed by atoms with E-state index in [1.807, 2.05) is 48.5 Å². The number of furan rings is 1. The summed E-state index contributed by atoms with van der Waals surface area (Å²) in [7, 11) is 0. The second-order valence-corrected chi connectivity index (χ2v) is 12.8. The van der Waals surface area contributed by atoms with Gasteiger partial charge in [-0.2, -0.15) is 0 Å². The lowest BCUT2D eigenvalue weighted by Crippen LogP contribution is -2.00. The van der Waals surface area contributed by atoms with Gasteiger partial charge < -0.3 is 4.42 Å². The molecule has 10 aromatic rings. The Morgan fingerprint density at radius 3 is 1.69 bits per heavy atom. The number of aromatic nitrogens is 3. The van der Waals surface area contributed by atoms with E-state index in [9.17, 15) is 0 Å². The summed E-state index contributed by atoms with van der Waals surface area (Å²) in [5.41, 5.74) is 8.94. The summed E-state index contributed by atoms with van der Waals surface area (Å²) >= 11 is 0. The predicted octanol–water partition coefficient (Wildman–Crippen LogP) is 12.4. The van der Waals surface area contributed by atoms with Gasteiger partial charge in [0.15, 0.2) is 17.5 Å². The Bertz CT molecular complexity index is 2900. The summed E-state index contributed by atoms with van der Waals surface area (Å²) in [5, 5.41) is 6.98. The number of nitrogens with zero attached hydrogens (tertiary/aromatic N) is 3. The van der Waals surface area contributed by atoms with Gasteiger partial charge in [-0.15, -0.1) is 0 Å². The average Bonchev–Trinajstić information content (AvgIpc) is 3.59. The van der Waals surface area contributed by atoms with E-state index in [-0.39, 0.29) is 0 Å². The molecular weight excluding hydrogens is 623 g/mol. The minimum absolute atomic E-state index is 0.599. The van der Waals surface area contributed by atoms with Crippen LogP contribution in [0.4, 0.5) is 0 Å². The first-order valence-electron chi connectivity index (χ1n) is 17.1. The molecule has 4 heteroatoms. The van der Waals surface area contributed by atoms with Gasteiger partial charge in [0.1, 0.15) is 11.2 Å². The van der Waals surface area contributed by atoms with E-state index in [4.69, 9.17) is 19.4 Å². The smallest absolute Gasteiger partial charge is 0.164 e. The lowest BCUT2D eigenvalue weighted by atomic mass is 9.96. The summed E-state index contributed by atoms with van der Waals surface area (Å²) in [6.45, 7) is 0. The molecule has 2 heterocycles. The van der Waals surface area contributed by atoms with E-state index >= 15 is 0 Å². The van der Waals surface area contributed by atoms with E-state index in [1.54, 1.807) is 0 Å². The predicted molar refractivity (Wildman–Crippen MR) is 209 cm³/mol. The maximum absolute atomic E-state index is 6.44. The highest BCUT2D eigenvalue weighted by molar-refractivity contribution is 6.13. The van der Waals surface area contributed by atoms with Crippen molar-refractivity contribution in [2.24, 2.45) is 0 Å². The van der Waals surface area contributed by atoms with Crippen molar-refractivity contribution in [1.29, 1.82) is 0 Å². The molecule has 0 saturated heterocycles. The van der Waals surface area contributed by atoms with E-state index in [2.05, 4.69) is 127 Å². The molecule has 0 N–H and O–H groups in total. The van der Waals surface area contributed by atoms with E-state index < -0.39 is 0 Å². The Morgan fingerprint density at radius 1 is 0.314 bits per heavy atom.